The summed E-state index contributed by atoms with van der Waals surface area (Å²) in [5.74, 6) is 1.16. The van der Waals surface area contributed by atoms with Gasteiger partial charge < -0.3 is 24.3 Å². The molecule has 9 heteroatoms. The molecule has 1 atom stereocenters. The van der Waals surface area contributed by atoms with Gasteiger partial charge >= 0.3 is 5.97 Å². The summed E-state index contributed by atoms with van der Waals surface area (Å²) in [4.78, 5) is 30.8. The molecule has 0 aliphatic rings. The number of rotatable bonds is 10. The lowest BCUT2D eigenvalue weighted by atomic mass is 10.0. The predicted octanol–water partition coefficient (Wildman–Crippen LogP) is 4.96. The minimum Gasteiger partial charge on any atom is -0.497 e. The molecule has 8 nitrogen and oxygen atoms in total. The summed E-state index contributed by atoms with van der Waals surface area (Å²) in [6, 6.07) is 12.1. The molecule has 0 radical (unpaired) electrons. The Morgan fingerprint density at radius 2 is 1.66 bits per heavy atom. The maximum Gasteiger partial charge on any atom is 0.308 e. The molecule has 3 rings (SSSR count). The van der Waals surface area contributed by atoms with Gasteiger partial charge in [0, 0.05) is 5.56 Å². The average Bonchev–Trinajstić information content (AvgIpc) is 3.24. The van der Waals surface area contributed by atoms with Gasteiger partial charge in [-0.05, 0) is 56.7 Å². The molecule has 0 aliphatic carbocycles. The molecule has 0 aliphatic heterocycles. The van der Waals surface area contributed by atoms with Crippen LogP contribution in [0.5, 0.6) is 17.2 Å². The number of amides is 1. The Kier molecular flexibility index (Phi) is 8.70. The fourth-order valence-corrected chi connectivity index (χ4v) is 4.46. The molecular formula is C26H30N2O6S. The highest BCUT2D eigenvalue weighted by Gasteiger charge is 2.24. The van der Waals surface area contributed by atoms with E-state index in [1.165, 1.54) is 11.3 Å². The van der Waals surface area contributed by atoms with Crippen molar-refractivity contribution in [1.29, 1.82) is 0 Å². The maximum absolute atomic E-state index is 13.3. The summed E-state index contributed by atoms with van der Waals surface area (Å²) in [5.41, 5.74) is 2.17. The first-order chi connectivity index (χ1) is 16.7. The van der Waals surface area contributed by atoms with Crippen LogP contribution < -0.4 is 19.5 Å². The van der Waals surface area contributed by atoms with Gasteiger partial charge in [0.05, 0.1) is 45.6 Å². The van der Waals surface area contributed by atoms with E-state index in [4.69, 9.17) is 18.9 Å². The molecule has 0 bridgehead atoms. The number of carbonyl (C=O) groups excluding carboxylic acids is 2. The number of aryl methyl sites for hydroxylation is 1. The normalized spacial score (nSPS) is 11.6. The molecule has 0 saturated carbocycles. The van der Waals surface area contributed by atoms with Gasteiger partial charge in [0.2, 0.25) is 0 Å². The number of methoxy groups -OCH3 is 3. The summed E-state index contributed by atoms with van der Waals surface area (Å²) in [5, 5.41) is 3.66. The van der Waals surface area contributed by atoms with Crippen LogP contribution in [-0.4, -0.2) is 44.3 Å². The van der Waals surface area contributed by atoms with Crippen LogP contribution in [0.4, 0.5) is 0 Å². The fraction of sp³-hybridized carbons (Fsp3) is 0.346. The second-order valence-corrected chi connectivity index (χ2v) is 9.04. The highest BCUT2D eigenvalue weighted by molar-refractivity contribution is 7.17. The van der Waals surface area contributed by atoms with Gasteiger partial charge in [-0.3, -0.25) is 9.59 Å². The average molecular weight is 499 g/mol. The minimum absolute atomic E-state index is 0.00334. The van der Waals surface area contributed by atoms with Crippen LogP contribution in [0, 0.1) is 6.92 Å². The number of nitrogens with one attached hydrogen (secondary N) is 1. The Hall–Kier alpha value is -3.59. The molecular weight excluding hydrogens is 468 g/mol. The number of thiazole rings is 1. The Labute approximate surface area is 209 Å². The zero-order chi connectivity index (χ0) is 25.5. The lowest BCUT2D eigenvalue weighted by Gasteiger charge is -2.19. The molecule has 0 fully saturated rings. The van der Waals surface area contributed by atoms with Crippen LogP contribution in [0.3, 0.4) is 0 Å². The first-order valence-electron chi connectivity index (χ1n) is 11.1. The quantitative estimate of drug-likeness (QED) is 0.395. The highest BCUT2D eigenvalue weighted by Crippen LogP contribution is 2.35. The molecule has 1 heterocycles. The van der Waals surface area contributed by atoms with E-state index in [2.05, 4.69) is 10.3 Å². The van der Waals surface area contributed by atoms with Gasteiger partial charge in [-0.1, -0.05) is 12.1 Å². The number of aromatic nitrogens is 1. The summed E-state index contributed by atoms with van der Waals surface area (Å²) in [6.07, 6.45) is -0.251. The van der Waals surface area contributed by atoms with Crippen LogP contribution in [0.1, 0.15) is 47.2 Å². The summed E-state index contributed by atoms with van der Waals surface area (Å²) in [6.45, 7) is 5.36. The Morgan fingerprint density at radius 3 is 2.26 bits per heavy atom. The predicted molar refractivity (Wildman–Crippen MR) is 134 cm³/mol. The zero-order valence-electron chi connectivity index (χ0n) is 20.7. The van der Waals surface area contributed by atoms with Gasteiger partial charge in [-0.25, -0.2) is 4.98 Å². The third kappa shape index (κ3) is 6.51. The van der Waals surface area contributed by atoms with E-state index < -0.39 is 12.0 Å². The largest absolute Gasteiger partial charge is 0.497 e. The number of nitrogens with zero attached hydrogens (tertiary/aromatic N) is 1. The lowest BCUT2D eigenvalue weighted by Crippen LogP contribution is -2.31. The third-order valence-electron chi connectivity index (χ3n) is 5.19. The number of hydrogen-bond acceptors (Lipinski definition) is 8. The van der Waals surface area contributed by atoms with Crippen molar-refractivity contribution in [2.75, 3.05) is 21.3 Å². The molecule has 0 spiro atoms. The summed E-state index contributed by atoms with van der Waals surface area (Å²) >= 11 is 1.27. The van der Waals surface area contributed by atoms with Gasteiger partial charge in [-0.2, -0.15) is 0 Å². The zero-order valence-corrected chi connectivity index (χ0v) is 21.5. The van der Waals surface area contributed by atoms with Crippen LogP contribution in [0.15, 0.2) is 42.5 Å². The number of benzene rings is 2. The van der Waals surface area contributed by atoms with Crippen LogP contribution in [-0.2, 0) is 9.53 Å². The molecule has 0 saturated heterocycles. The maximum atomic E-state index is 13.3. The molecule has 2 aromatic carbocycles. The lowest BCUT2D eigenvalue weighted by molar-refractivity contribution is -0.147. The second-order valence-electron chi connectivity index (χ2n) is 8.05. The van der Waals surface area contributed by atoms with Crippen molar-refractivity contribution in [2.24, 2.45) is 0 Å². The third-order valence-corrected chi connectivity index (χ3v) is 6.40. The van der Waals surface area contributed by atoms with Crippen molar-refractivity contribution in [2.45, 2.75) is 39.3 Å². The summed E-state index contributed by atoms with van der Waals surface area (Å²) < 4.78 is 21.2. The van der Waals surface area contributed by atoms with Crippen molar-refractivity contribution < 1.29 is 28.5 Å². The van der Waals surface area contributed by atoms with Crippen LogP contribution >= 0.6 is 11.3 Å². The monoisotopic (exact) mass is 498 g/mol. The topological polar surface area (TPSA) is 96.0 Å². The van der Waals surface area contributed by atoms with E-state index in [1.54, 1.807) is 60.3 Å². The van der Waals surface area contributed by atoms with Crippen LogP contribution in [0.2, 0.25) is 0 Å². The van der Waals surface area contributed by atoms with E-state index in [0.717, 1.165) is 11.1 Å². The van der Waals surface area contributed by atoms with Crippen molar-refractivity contribution in [3.8, 4) is 27.8 Å². The first kappa shape index (κ1) is 26.0. The summed E-state index contributed by atoms with van der Waals surface area (Å²) in [7, 11) is 4.72. The Balaban J connectivity index is 1.86. The van der Waals surface area contributed by atoms with E-state index in [-0.39, 0.29) is 18.4 Å². The van der Waals surface area contributed by atoms with Gasteiger partial charge in [0.1, 0.15) is 15.6 Å². The highest BCUT2D eigenvalue weighted by atomic mass is 32.1. The Bertz CT molecular complexity index is 1170. The van der Waals surface area contributed by atoms with Crippen molar-refractivity contribution in [3.63, 3.8) is 0 Å². The first-order valence-corrected chi connectivity index (χ1v) is 11.9. The van der Waals surface area contributed by atoms with E-state index in [1.807, 2.05) is 24.3 Å². The molecule has 186 valence electrons. The SMILES string of the molecule is COc1ccc(C(CC(=O)OC(C)C)NC(=O)c2sc(-c3ccc(OC)c(OC)c3)nc2C)cc1. The number of ether oxygens (including phenoxy) is 4. The van der Waals surface area contributed by atoms with Crippen molar-refractivity contribution in [3.05, 3.63) is 58.6 Å². The van der Waals surface area contributed by atoms with E-state index in [9.17, 15) is 9.59 Å². The Morgan fingerprint density at radius 1 is 0.971 bits per heavy atom. The van der Waals surface area contributed by atoms with Gasteiger partial charge in [-0.15, -0.1) is 11.3 Å². The second kappa shape index (κ2) is 11.7. The van der Waals surface area contributed by atoms with Crippen molar-refractivity contribution >= 4 is 23.2 Å². The minimum atomic E-state index is -0.578. The van der Waals surface area contributed by atoms with Gasteiger partial charge in [0.25, 0.3) is 5.91 Å². The van der Waals surface area contributed by atoms with E-state index >= 15 is 0 Å². The number of carbonyl (C=O) groups is 2. The van der Waals surface area contributed by atoms with Crippen molar-refractivity contribution in [1.82, 2.24) is 10.3 Å². The molecule has 1 aromatic heterocycles. The molecule has 1 amide bonds. The molecule has 3 aromatic rings. The van der Waals surface area contributed by atoms with Gasteiger partial charge in [0.15, 0.2) is 11.5 Å². The molecule has 35 heavy (non-hydrogen) atoms. The smallest absolute Gasteiger partial charge is 0.308 e. The van der Waals surface area contributed by atoms with Crippen LogP contribution in [0.25, 0.3) is 10.6 Å². The fourth-order valence-electron chi connectivity index (χ4n) is 3.49. The van der Waals surface area contributed by atoms with E-state index in [0.29, 0.717) is 32.8 Å². The standard InChI is InChI=1S/C26H30N2O6S/c1-15(2)34-23(29)14-20(17-7-10-19(31-4)11-8-17)28-25(30)24-16(3)27-26(35-24)18-9-12-21(32-5)22(13-18)33-6/h7-13,15,20H,14H2,1-6H3,(H,28,30). The molecule has 1 N–H and O–H groups in total. The number of hydrogen-bond donors (Lipinski definition) is 1. The number of esters is 1. The molecule has 1 unspecified atom stereocenters.